The molecule has 3 aromatic rings. The van der Waals surface area contributed by atoms with Gasteiger partial charge in [-0.15, -0.1) is 0 Å². The molecular formula is C28H32F2N4O3. The molecule has 0 saturated carbocycles. The predicted octanol–water partition coefficient (Wildman–Crippen LogP) is 4.96. The molecule has 0 radical (unpaired) electrons. The number of aryl methyl sites for hydroxylation is 1. The molecule has 2 atom stereocenters. The Bertz CT molecular complexity index is 1400. The van der Waals surface area contributed by atoms with Crippen LogP contribution in [0.4, 0.5) is 8.78 Å². The fourth-order valence-corrected chi connectivity index (χ4v) is 3.78. The molecule has 0 aliphatic heterocycles. The minimum atomic E-state index is -3.53. The SMILES string of the molecule is C=C(/C=C\C=C/C)[C@@H](Oc1ccc2c(cnn2-c2ccc(=O)n(C)c2)c1)[C@@H](NC(=O)C(C)(F)F)C(C)C. The van der Waals surface area contributed by atoms with Crippen LogP contribution in [0.3, 0.4) is 0 Å². The minimum absolute atomic E-state index is 0.127. The van der Waals surface area contributed by atoms with Crippen LogP contribution in [0.5, 0.6) is 5.75 Å². The van der Waals surface area contributed by atoms with E-state index in [0.29, 0.717) is 23.9 Å². The highest BCUT2D eigenvalue weighted by molar-refractivity contribution is 5.83. The Balaban J connectivity index is 1.97. The van der Waals surface area contributed by atoms with Gasteiger partial charge in [0.05, 0.1) is 23.4 Å². The van der Waals surface area contributed by atoms with Crippen LogP contribution in [-0.4, -0.2) is 38.3 Å². The molecule has 0 aliphatic rings. The number of alkyl halides is 2. The van der Waals surface area contributed by atoms with E-state index in [2.05, 4.69) is 17.0 Å². The number of fused-ring (bicyclic) bond motifs is 1. The molecule has 37 heavy (non-hydrogen) atoms. The summed E-state index contributed by atoms with van der Waals surface area (Å²) in [6, 6.07) is 7.73. The van der Waals surface area contributed by atoms with Gasteiger partial charge in [-0.05, 0) is 42.7 Å². The Morgan fingerprint density at radius 3 is 2.57 bits per heavy atom. The molecule has 1 N–H and O–H groups in total. The number of hydrogen-bond acceptors (Lipinski definition) is 4. The normalized spacial score (nSPS) is 13.9. The average molecular weight is 511 g/mol. The van der Waals surface area contributed by atoms with Gasteiger partial charge < -0.3 is 14.6 Å². The zero-order valence-corrected chi connectivity index (χ0v) is 21.6. The third-order valence-electron chi connectivity index (χ3n) is 5.84. The van der Waals surface area contributed by atoms with Crippen molar-refractivity contribution >= 4 is 16.8 Å². The molecule has 0 fully saturated rings. The van der Waals surface area contributed by atoms with Crippen LogP contribution in [0, 0.1) is 5.92 Å². The lowest BCUT2D eigenvalue weighted by Crippen LogP contribution is -2.53. The number of benzene rings is 1. The monoisotopic (exact) mass is 510 g/mol. The third kappa shape index (κ3) is 6.61. The first-order chi connectivity index (χ1) is 17.4. The summed E-state index contributed by atoms with van der Waals surface area (Å²) in [5.74, 6) is -4.69. The fourth-order valence-electron chi connectivity index (χ4n) is 3.78. The number of allylic oxidation sites excluding steroid dienone is 3. The Hall–Kier alpha value is -4.01. The van der Waals surface area contributed by atoms with Crippen molar-refractivity contribution in [3.8, 4) is 11.4 Å². The largest absolute Gasteiger partial charge is 0.484 e. The van der Waals surface area contributed by atoms with E-state index < -0.39 is 24.0 Å². The molecule has 7 nitrogen and oxygen atoms in total. The van der Waals surface area contributed by atoms with Crippen molar-refractivity contribution in [2.24, 2.45) is 13.0 Å². The molecule has 3 rings (SSSR count). The van der Waals surface area contributed by atoms with Crippen LogP contribution in [0.2, 0.25) is 0 Å². The van der Waals surface area contributed by atoms with Crippen molar-refractivity contribution in [1.82, 2.24) is 19.7 Å². The summed E-state index contributed by atoms with van der Waals surface area (Å²) in [5, 5.41) is 7.66. The molecule has 0 aliphatic carbocycles. The van der Waals surface area contributed by atoms with Gasteiger partial charge in [-0.25, -0.2) is 4.68 Å². The van der Waals surface area contributed by atoms with Crippen molar-refractivity contribution in [1.29, 1.82) is 0 Å². The number of rotatable bonds is 10. The van der Waals surface area contributed by atoms with Crippen molar-refractivity contribution in [3.05, 3.63) is 89.5 Å². The first-order valence-corrected chi connectivity index (χ1v) is 11.9. The summed E-state index contributed by atoms with van der Waals surface area (Å²) in [7, 11) is 1.67. The molecule has 2 aromatic heterocycles. The number of amides is 1. The first kappa shape index (κ1) is 27.6. The van der Waals surface area contributed by atoms with Crippen molar-refractivity contribution in [2.45, 2.75) is 45.8 Å². The molecule has 0 unspecified atom stereocenters. The van der Waals surface area contributed by atoms with Crippen LogP contribution < -0.4 is 15.6 Å². The lowest BCUT2D eigenvalue weighted by molar-refractivity contribution is -0.144. The predicted molar refractivity (Wildman–Crippen MR) is 141 cm³/mol. The van der Waals surface area contributed by atoms with E-state index in [4.69, 9.17) is 4.74 Å². The molecule has 9 heteroatoms. The van der Waals surface area contributed by atoms with Gasteiger partial charge in [0.1, 0.15) is 11.9 Å². The molecule has 0 spiro atoms. The van der Waals surface area contributed by atoms with Crippen LogP contribution in [0.1, 0.15) is 27.7 Å². The van der Waals surface area contributed by atoms with Crippen molar-refractivity contribution in [2.75, 3.05) is 0 Å². The van der Waals surface area contributed by atoms with Crippen molar-refractivity contribution in [3.63, 3.8) is 0 Å². The second-order valence-electron chi connectivity index (χ2n) is 9.24. The Morgan fingerprint density at radius 2 is 1.95 bits per heavy atom. The molecule has 0 bridgehead atoms. The number of aromatic nitrogens is 3. The second kappa shape index (κ2) is 11.4. The molecule has 1 amide bonds. The van der Waals surface area contributed by atoms with Gasteiger partial charge in [-0.2, -0.15) is 13.9 Å². The highest BCUT2D eigenvalue weighted by Crippen LogP contribution is 2.27. The summed E-state index contributed by atoms with van der Waals surface area (Å²) in [6.07, 6.45) is 9.70. The van der Waals surface area contributed by atoms with E-state index in [1.807, 2.05) is 39.0 Å². The highest BCUT2D eigenvalue weighted by Gasteiger charge is 2.37. The van der Waals surface area contributed by atoms with Crippen LogP contribution in [-0.2, 0) is 11.8 Å². The maximum absolute atomic E-state index is 13.7. The third-order valence-corrected chi connectivity index (χ3v) is 5.84. The number of carbonyl (C=O) groups excluding carboxylic acids is 1. The molecule has 196 valence electrons. The molecular weight excluding hydrogens is 478 g/mol. The van der Waals surface area contributed by atoms with Gasteiger partial charge in [0.2, 0.25) is 5.56 Å². The number of pyridine rings is 1. The molecule has 0 saturated heterocycles. The first-order valence-electron chi connectivity index (χ1n) is 11.9. The smallest absolute Gasteiger partial charge is 0.321 e. The van der Waals surface area contributed by atoms with E-state index in [-0.39, 0.29) is 11.5 Å². The Morgan fingerprint density at radius 1 is 1.22 bits per heavy atom. The van der Waals surface area contributed by atoms with Gasteiger partial charge in [0.25, 0.3) is 5.91 Å². The number of nitrogens with zero attached hydrogens (tertiary/aromatic N) is 3. The zero-order chi connectivity index (χ0) is 27.3. The average Bonchev–Trinajstić information content (AvgIpc) is 3.25. The fraction of sp³-hybridized carbons (Fsp3) is 0.321. The van der Waals surface area contributed by atoms with Gasteiger partial charge in [0, 0.05) is 31.6 Å². The van der Waals surface area contributed by atoms with Crippen LogP contribution >= 0.6 is 0 Å². The summed E-state index contributed by atoms with van der Waals surface area (Å²) in [4.78, 5) is 23.9. The van der Waals surface area contributed by atoms with Crippen molar-refractivity contribution < 1.29 is 18.3 Å². The summed E-state index contributed by atoms with van der Waals surface area (Å²) >= 11 is 0. The lowest BCUT2D eigenvalue weighted by atomic mass is 9.93. The quantitative estimate of drug-likeness (QED) is 0.391. The summed E-state index contributed by atoms with van der Waals surface area (Å²) in [5.41, 5.74) is 1.89. The van der Waals surface area contributed by atoms with Gasteiger partial charge >= 0.3 is 5.92 Å². The molecule has 1 aromatic carbocycles. The summed E-state index contributed by atoms with van der Waals surface area (Å²) < 4.78 is 36.9. The van der Waals surface area contributed by atoms with Crippen LogP contribution in [0.25, 0.3) is 16.6 Å². The van der Waals surface area contributed by atoms with E-state index in [1.54, 1.807) is 54.5 Å². The van der Waals surface area contributed by atoms with E-state index in [9.17, 15) is 18.4 Å². The lowest BCUT2D eigenvalue weighted by Gasteiger charge is -2.32. The topological polar surface area (TPSA) is 78.2 Å². The number of ether oxygens (including phenoxy) is 1. The number of halogens is 2. The maximum Gasteiger partial charge on any atom is 0.321 e. The maximum atomic E-state index is 13.7. The summed E-state index contributed by atoms with van der Waals surface area (Å²) in [6.45, 7) is 10.2. The molecule has 2 heterocycles. The second-order valence-corrected chi connectivity index (χ2v) is 9.24. The van der Waals surface area contributed by atoms with E-state index in [0.717, 1.165) is 10.9 Å². The minimum Gasteiger partial charge on any atom is -0.484 e. The number of carbonyl (C=O) groups is 1. The van der Waals surface area contributed by atoms with Gasteiger partial charge in [-0.1, -0.05) is 44.7 Å². The van der Waals surface area contributed by atoms with Crippen LogP contribution in [0.15, 0.2) is 84.0 Å². The zero-order valence-electron chi connectivity index (χ0n) is 21.6. The highest BCUT2D eigenvalue weighted by atomic mass is 19.3. The Labute approximate surface area is 214 Å². The number of nitrogens with one attached hydrogen (secondary N) is 1. The standard InChI is InChI=1S/C28H32F2N4O3/c1-7-8-9-10-19(4)26(25(18(2)3)32-27(36)28(5,29)30)37-22-12-13-23-20(15-22)16-31-34(23)21-11-14-24(35)33(6)17-21/h7-18,25-26H,4H2,1-3,5-6H3,(H,32,36)/b8-7-,10-9-/t25-,26+/m0/s1. The Kier molecular flexibility index (Phi) is 8.47. The number of hydrogen-bond donors (Lipinski definition) is 1. The van der Waals surface area contributed by atoms with E-state index >= 15 is 0 Å². The van der Waals surface area contributed by atoms with E-state index in [1.165, 1.54) is 10.6 Å². The van der Waals surface area contributed by atoms with Gasteiger partial charge in [0.15, 0.2) is 0 Å². The van der Waals surface area contributed by atoms with Gasteiger partial charge in [-0.3, -0.25) is 9.59 Å².